The molecule has 0 unspecified atom stereocenters. The Balaban J connectivity index is 2.62. The number of aryl methyl sites for hydroxylation is 1. The number of thiophene rings is 1. The summed E-state index contributed by atoms with van der Waals surface area (Å²) in [7, 11) is 0.612. The molecule has 0 atom stereocenters. The average molecular weight is 405 g/mol. The van der Waals surface area contributed by atoms with Gasteiger partial charge in [0.2, 0.25) is 0 Å². The molecule has 26 heavy (non-hydrogen) atoms. The first-order valence-corrected chi connectivity index (χ1v) is 7.88. The van der Waals surface area contributed by atoms with Gasteiger partial charge in [0.15, 0.2) is 0 Å². The highest BCUT2D eigenvalue weighted by molar-refractivity contribution is 7.16. The molecular formula is C13H13F6N3O3S. The molecule has 1 aliphatic rings. The number of alkyl halides is 6. The Morgan fingerprint density at radius 3 is 2.15 bits per heavy atom. The molecule has 0 fully saturated rings. The van der Waals surface area contributed by atoms with Crippen LogP contribution in [0.1, 0.15) is 27.2 Å². The minimum absolute atomic E-state index is 0.307. The minimum atomic E-state index is -6.01. The fourth-order valence-electron chi connectivity index (χ4n) is 2.60. The summed E-state index contributed by atoms with van der Waals surface area (Å²) in [6.45, 7) is 0. The molecule has 0 aromatic carbocycles. The summed E-state index contributed by atoms with van der Waals surface area (Å²) in [6.07, 6.45) is -12.7. The number of carbonyl (C=O) groups is 2. The van der Waals surface area contributed by atoms with Crippen molar-refractivity contribution < 1.29 is 40.7 Å². The fraction of sp³-hybridized carbons (Fsp3) is 0.538. The number of anilines is 1. The summed E-state index contributed by atoms with van der Waals surface area (Å²) in [4.78, 5) is 23.3. The van der Waals surface area contributed by atoms with Crippen molar-refractivity contribution in [2.75, 3.05) is 12.4 Å². The van der Waals surface area contributed by atoms with Crippen molar-refractivity contribution in [3.05, 3.63) is 16.0 Å². The van der Waals surface area contributed by atoms with E-state index >= 15 is 0 Å². The molecule has 1 heterocycles. The van der Waals surface area contributed by atoms with Gasteiger partial charge in [-0.15, -0.1) is 11.3 Å². The lowest BCUT2D eigenvalue weighted by atomic mass is 10.1. The molecule has 0 radical (unpaired) electrons. The number of methoxy groups -OCH3 is 1. The number of hydrogen-bond donors (Lipinski definition) is 3. The largest absolute Gasteiger partial charge is 0.453 e. The van der Waals surface area contributed by atoms with Gasteiger partial charge in [0.25, 0.3) is 5.91 Å². The number of nitrogens with one attached hydrogen (secondary N) is 2. The van der Waals surface area contributed by atoms with Crippen LogP contribution in [0.3, 0.4) is 0 Å². The molecule has 13 heteroatoms. The quantitative estimate of drug-likeness (QED) is 0.531. The van der Waals surface area contributed by atoms with Crippen LogP contribution in [0.2, 0.25) is 0 Å². The lowest BCUT2D eigenvalue weighted by Crippen LogP contribution is -2.72. The summed E-state index contributed by atoms with van der Waals surface area (Å²) >= 11 is 0.567. The van der Waals surface area contributed by atoms with Crippen LogP contribution in [-0.2, 0) is 17.6 Å². The summed E-state index contributed by atoms with van der Waals surface area (Å²) in [5.74, 6) is -1.16. The van der Waals surface area contributed by atoms with Crippen LogP contribution in [0, 0.1) is 0 Å². The Kier molecular flexibility index (Phi) is 5.05. The van der Waals surface area contributed by atoms with E-state index in [9.17, 15) is 35.9 Å². The van der Waals surface area contributed by atoms with Crippen molar-refractivity contribution in [1.29, 1.82) is 0 Å². The van der Waals surface area contributed by atoms with Gasteiger partial charge >= 0.3 is 24.1 Å². The normalized spacial score (nSPS) is 14.7. The van der Waals surface area contributed by atoms with Crippen LogP contribution < -0.4 is 16.4 Å². The van der Waals surface area contributed by atoms with Crippen LogP contribution >= 0.6 is 11.3 Å². The Morgan fingerprint density at radius 1 is 1.12 bits per heavy atom. The Morgan fingerprint density at radius 2 is 1.69 bits per heavy atom. The van der Waals surface area contributed by atoms with Gasteiger partial charge in [0, 0.05) is 4.88 Å². The van der Waals surface area contributed by atoms with Crippen molar-refractivity contribution in [3.63, 3.8) is 0 Å². The van der Waals surface area contributed by atoms with Crippen LogP contribution in [0.4, 0.5) is 36.1 Å². The number of rotatable bonds is 4. The van der Waals surface area contributed by atoms with Crippen molar-refractivity contribution in [2.24, 2.45) is 5.73 Å². The lowest BCUT2D eigenvalue weighted by molar-refractivity contribution is -0.294. The van der Waals surface area contributed by atoms with E-state index in [4.69, 9.17) is 5.73 Å². The van der Waals surface area contributed by atoms with E-state index in [1.54, 1.807) is 0 Å². The first-order chi connectivity index (χ1) is 11.8. The maximum atomic E-state index is 13.4. The molecule has 1 aromatic heterocycles. The highest BCUT2D eigenvalue weighted by Gasteiger charge is 2.73. The van der Waals surface area contributed by atoms with E-state index in [2.05, 4.69) is 4.74 Å². The molecule has 0 saturated heterocycles. The van der Waals surface area contributed by atoms with E-state index in [0.717, 1.165) is 5.32 Å². The van der Waals surface area contributed by atoms with Crippen LogP contribution in [0.5, 0.6) is 0 Å². The van der Waals surface area contributed by atoms with Gasteiger partial charge in [-0.05, 0) is 24.8 Å². The van der Waals surface area contributed by atoms with Gasteiger partial charge in [-0.2, -0.15) is 26.3 Å². The van der Waals surface area contributed by atoms with Crippen LogP contribution in [0.25, 0.3) is 0 Å². The molecule has 4 N–H and O–H groups in total. The maximum Gasteiger partial charge on any atom is 0.439 e. The number of ether oxygens (including phenoxy) is 1. The Bertz CT molecular complexity index is 714. The number of nitrogens with two attached hydrogens (primary N) is 1. The summed E-state index contributed by atoms with van der Waals surface area (Å²) in [5, 5.41) is 1.33. The molecule has 1 aliphatic carbocycles. The predicted molar refractivity (Wildman–Crippen MR) is 78.9 cm³/mol. The Hall–Kier alpha value is -2.18. The molecule has 0 aliphatic heterocycles. The summed E-state index contributed by atoms with van der Waals surface area (Å²) < 4.78 is 84.4. The van der Waals surface area contributed by atoms with Gasteiger partial charge in [-0.25, -0.2) is 4.79 Å². The molecule has 146 valence electrons. The third kappa shape index (κ3) is 3.27. The summed E-state index contributed by atoms with van der Waals surface area (Å²) in [6, 6.07) is 0. The molecule has 0 bridgehead atoms. The average Bonchev–Trinajstić information content (AvgIpc) is 3.03. The first kappa shape index (κ1) is 20.1. The zero-order valence-corrected chi connectivity index (χ0v) is 13.9. The predicted octanol–water partition coefficient (Wildman–Crippen LogP) is 2.92. The number of alkyl carbamates (subject to hydrolysis) is 1. The SMILES string of the molecule is COC(=O)NC(Nc1sc2c(c1C(N)=O)CCC2)(C(F)(F)F)C(F)(F)F. The molecule has 0 spiro atoms. The molecule has 1 aromatic rings. The standard InChI is InChI=1S/C13H13F6N3O3S/c1-25-10(24)22-11(12(14,15)16,13(17,18)19)21-9-7(8(20)23)5-3-2-4-6(5)26-9/h21H,2-4H2,1H3,(H2,20,23)(H,22,24). The highest BCUT2D eigenvalue weighted by atomic mass is 32.1. The zero-order chi connectivity index (χ0) is 19.9. The second kappa shape index (κ2) is 6.52. The van der Waals surface area contributed by atoms with Gasteiger partial charge < -0.3 is 15.8 Å². The summed E-state index contributed by atoms with van der Waals surface area (Å²) in [5.41, 5.74) is 0.167. The number of hydrogen-bond acceptors (Lipinski definition) is 5. The monoisotopic (exact) mass is 405 g/mol. The number of carbonyl (C=O) groups excluding carboxylic acids is 2. The molecule has 2 rings (SSSR count). The zero-order valence-electron chi connectivity index (χ0n) is 13.1. The van der Waals surface area contributed by atoms with E-state index in [-0.39, 0.29) is 0 Å². The number of amides is 2. The van der Waals surface area contributed by atoms with Crippen molar-refractivity contribution in [3.8, 4) is 0 Å². The van der Waals surface area contributed by atoms with E-state index in [0.29, 0.717) is 48.1 Å². The highest BCUT2D eigenvalue weighted by Crippen LogP contribution is 2.47. The fourth-order valence-corrected chi connectivity index (χ4v) is 3.95. The van der Waals surface area contributed by atoms with Crippen LogP contribution in [0.15, 0.2) is 0 Å². The minimum Gasteiger partial charge on any atom is -0.453 e. The topological polar surface area (TPSA) is 93.4 Å². The third-order valence-electron chi connectivity index (χ3n) is 3.79. The third-order valence-corrected chi connectivity index (χ3v) is 5.00. The Labute approximate surface area is 146 Å². The van der Waals surface area contributed by atoms with E-state index in [1.807, 2.05) is 0 Å². The number of halogens is 6. The second-order valence-electron chi connectivity index (χ2n) is 5.41. The molecule has 0 saturated carbocycles. The van der Waals surface area contributed by atoms with Gasteiger partial charge in [0.1, 0.15) is 5.00 Å². The number of fused-ring (bicyclic) bond motifs is 1. The molecule has 6 nitrogen and oxygen atoms in total. The van der Waals surface area contributed by atoms with Crippen molar-refractivity contribution >= 4 is 28.3 Å². The van der Waals surface area contributed by atoms with E-state index < -0.39 is 40.6 Å². The number of primary amides is 1. The molecular weight excluding hydrogens is 392 g/mol. The maximum absolute atomic E-state index is 13.4. The molecule has 2 amide bonds. The lowest BCUT2D eigenvalue weighted by Gasteiger charge is -2.38. The second-order valence-corrected chi connectivity index (χ2v) is 6.52. The smallest absolute Gasteiger partial charge is 0.439 e. The van der Waals surface area contributed by atoms with Gasteiger partial charge in [0.05, 0.1) is 12.7 Å². The first-order valence-electron chi connectivity index (χ1n) is 7.06. The van der Waals surface area contributed by atoms with E-state index in [1.165, 1.54) is 5.32 Å². The van der Waals surface area contributed by atoms with Crippen LogP contribution in [-0.4, -0.2) is 37.1 Å². The van der Waals surface area contributed by atoms with Gasteiger partial charge in [-0.3, -0.25) is 10.1 Å². The van der Waals surface area contributed by atoms with Crippen molar-refractivity contribution in [2.45, 2.75) is 37.3 Å². The van der Waals surface area contributed by atoms with Crippen molar-refractivity contribution in [1.82, 2.24) is 5.32 Å². The van der Waals surface area contributed by atoms with Gasteiger partial charge in [-0.1, -0.05) is 0 Å².